The zero-order chi connectivity index (χ0) is 21.1. The van der Waals surface area contributed by atoms with Crippen LogP contribution in [0.2, 0.25) is 0 Å². The van der Waals surface area contributed by atoms with E-state index in [9.17, 15) is 0 Å². The Morgan fingerprint density at radius 3 is 2.37 bits per heavy atom. The fourth-order valence-corrected chi connectivity index (χ4v) is 3.30. The smallest absolute Gasteiger partial charge is 0.152 e. The lowest BCUT2D eigenvalue weighted by molar-refractivity contribution is 0.488. The first-order valence-electron chi connectivity index (χ1n) is 9.72. The maximum absolute atomic E-state index is 5.79. The summed E-state index contributed by atoms with van der Waals surface area (Å²) in [4.78, 5) is 7.53. The zero-order valence-corrected chi connectivity index (χ0v) is 16.8. The van der Waals surface area contributed by atoms with Gasteiger partial charge in [-0.2, -0.15) is 5.10 Å². The van der Waals surface area contributed by atoms with Crippen molar-refractivity contribution >= 4 is 5.82 Å². The van der Waals surface area contributed by atoms with Crippen LogP contribution in [0.5, 0.6) is 0 Å². The molecule has 2 heterocycles. The summed E-state index contributed by atoms with van der Waals surface area (Å²) in [6.45, 7) is 2.75. The normalized spacial score (nSPS) is 11.6. The van der Waals surface area contributed by atoms with Gasteiger partial charge in [0.25, 0.3) is 0 Å². The average Bonchev–Trinajstić information content (AvgIpc) is 3.38. The second-order valence-electron chi connectivity index (χ2n) is 7.49. The van der Waals surface area contributed by atoms with Crippen LogP contribution in [0.1, 0.15) is 28.1 Å². The number of rotatable bonds is 7. The van der Waals surface area contributed by atoms with Gasteiger partial charge in [-0.3, -0.25) is 22.3 Å². The van der Waals surface area contributed by atoms with Crippen LogP contribution in [-0.4, -0.2) is 20.2 Å². The van der Waals surface area contributed by atoms with E-state index in [2.05, 4.69) is 56.7 Å². The Morgan fingerprint density at radius 2 is 1.73 bits per heavy atom. The molecule has 0 amide bonds. The molecular formula is C22H26N8. The Morgan fingerprint density at radius 1 is 1.00 bits per heavy atom. The third-order valence-corrected chi connectivity index (χ3v) is 5.02. The Hall–Kier alpha value is -3.46. The molecule has 0 unspecified atom stereocenters. The molecule has 0 spiro atoms. The molecule has 0 atom stereocenters. The predicted octanol–water partition coefficient (Wildman–Crippen LogP) is 2.30. The number of aryl methyl sites for hydroxylation is 1. The first-order chi connectivity index (χ1) is 14.4. The Bertz CT molecular complexity index is 1090. The molecule has 0 aliphatic rings. The number of H-pyrrole nitrogens is 2. The van der Waals surface area contributed by atoms with Gasteiger partial charge in [-0.25, -0.2) is 4.98 Å². The molecule has 8 nitrogen and oxygen atoms in total. The molecule has 0 saturated heterocycles. The number of nitrogens with zero attached hydrogens (tertiary/aromatic N) is 2. The molecule has 9 N–H and O–H groups in total. The highest BCUT2D eigenvalue weighted by atomic mass is 15.2. The summed E-state index contributed by atoms with van der Waals surface area (Å²) in [5.41, 5.74) is 23.3. The van der Waals surface area contributed by atoms with Gasteiger partial charge < -0.3 is 10.3 Å². The van der Waals surface area contributed by atoms with Crippen molar-refractivity contribution in [3.63, 3.8) is 0 Å². The maximum atomic E-state index is 5.79. The maximum Gasteiger partial charge on any atom is 0.152 e. The van der Waals surface area contributed by atoms with Gasteiger partial charge >= 0.3 is 0 Å². The minimum Gasteiger partial charge on any atom is -0.364 e. The van der Waals surface area contributed by atoms with Crippen molar-refractivity contribution in [3.05, 3.63) is 89.0 Å². The summed E-state index contributed by atoms with van der Waals surface area (Å²) in [6.07, 6.45) is 4.16. The van der Waals surface area contributed by atoms with Crippen molar-refractivity contribution in [2.24, 2.45) is 17.2 Å². The second-order valence-corrected chi connectivity index (χ2v) is 7.49. The van der Waals surface area contributed by atoms with Crippen molar-refractivity contribution in [1.29, 1.82) is 0 Å². The monoisotopic (exact) mass is 402 g/mol. The minimum absolute atomic E-state index is 0.603. The van der Waals surface area contributed by atoms with Gasteiger partial charge in [0.15, 0.2) is 5.82 Å². The first-order valence-corrected chi connectivity index (χ1v) is 9.72. The molecule has 30 heavy (non-hydrogen) atoms. The summed E-state index contributed by atoms with van der Waals surface area (Å²) >= 11 is 0. The number of aromatic amines is 2. The Kier molecular flexibility index (Phi) is 5.37. The number of benzene rings is 2. The van der Waals surface area contributed by atoms with Crippen LogP contribution in [0.25, 0.3) is 11.3 Å². The standard InChI is InChI=1S/C22H26N8/c1-14-2-4-15(5-3-14)13-28-21-18(12-19-26-10-11-27-19)20(29-30-21)16-6-8-17(9-7-16)22(23,24)25/h2-11H,12-13,23-25H2,1H3,(H,26,27)(H2,28,29,30). The number of imidazole rings is 1. The molecule has 154 valence electrons. The van der Waals surface area contributed by atoms with E-state index in [1.807, 2.05) is 30.5 Å². The molecule has 0 aliphatic carbocycles. The third kappa shape index (κ3) is 4.41. The fraction of sp³-hybridized carbons (Fsp3) is 0.182. The summed E-state index contributed by atoms with van der Waals surface area (Å²) in [6, 6.07) is 15.9. The molecule has 4 rings (SSSR count). The number of nitrogens with one attached hydrogen (secondary N) is 3. The quantitative estimate of drug-likeness (QED) is 0.261. The van der Waals surface area contributed by atoms with Gasteiger partial charge in [0.2, 0.25) is 0 Å². The van der Waals surface area contributed by atoms with E-state index in [0.717, 1.165) is 28.5 Å². The fourth-order valence-electron chi connectivity index (χ4n) is 3.30. The van der Waals surface area contributed by atoms with Crippen LogP contribution in [0.3, 0.4) is 0 Å². The number of hydrogen-bond donors (Lipinski definition) is 6. The Labute approximate surface area is 174 Å². The van der Waals surface area contributed by atoms with Crippen molar-refractivity contribution in [1.82, 2.24) is 20.2 Å². The highest BCUT2D eigenvalue weighted by Crippen LogP contribution is 2.29. The largest absolute Gasteiger partial charge is 0.364 e. The lowest BCUT2D eigenvalue weighted by Crippen LogP contribution is -2.54. The molecule has 0 aliphatic heterocycles. The van der Waals surface area contributed by atoms with Crippen LogP contribution in [0, 0.1) is 6.92 Å². The molecule has 0 bridgehead atoms. The number of aromatic nitrogens is 4. The topological polar surface area (TPSA) is 147 Å². The van der Waals surface area contributed by atoms with Crippen LogP contribution < -0.4 is 22.5 Å². The molecule has 8 heteroatoms. The summed E-state index contributed by atoms with van der Waals surface area (Å²) < 4.78 is 0. The molecular weight excluding hydrogens is 376 g/mol. The minimum atomic E-state index is -1.37. The van der Waals surface area contributed by atoms with E-state index in [4.69, 9.17) is 17.2 Å². The highest BCUT2D eigenvalue weighted by molar-refractivity contribution is 5.70. The SMILES string of the molecule is Cc1ccc(CNc2n[nH]c(-c3ccc(C(N)(N)N)cc3)c2Cc2ncc[nH]2)cc1. The highest BCUT2D eigenvalue weighted by Gasteiger charge is 2.19. The van der Waals surface area contributed by atoms with Gasteiger partial charge in [-0.05, 0) is 18.1 Å². The molecule has 2 aromatic carbocycles. The van der Waals surface area contributed by atoms with Crippen molar-refractivity contribution < 1.29 is 0 Å². The van der Waals surface area contributed by atoms with Gasteiger partial charge in [-0.1, -0.05) is 54.1 Å². The molecule has 4 aromatic rings. The van der Waals surface area contributed by atoms with E-state index < -0.39 is 5.79 Å². The van der Waals surface area contributed by atoms with Gasteiger partial charge in [-0.15, -0.1) is 0 Å². The predicted molar refractivity (Wildman–Crippen MR) is 118 cm³/mol. The lowest BCUT2D eigenvalue weighted by Gasteiger charge is -2.19. The van der Waals surface area contributed by atoms with Crippen molar-refractivity contribution in [2.45, 2.75) is 25.7 Å². The number of anilines is 1. The van der Waals surface area contributed by atoms with E-state index in [1.54, 1.807) is 6.20 Å². The van der Waals surface area contributed by atoms with Crippen LogP contribution >= 0.6 is 0 Å². The molecule has 0 saturated carbocycles. The van der Waals surface area contributed by atoms with Gasteiger partial charge in [0, 0.05) is 36.5 Å². The summed E-state index contributed by atoms with van der Waals surface area (Å²) in [7, 11) is 0. The van der Waals surface area contributed by atoms with Crippen LogP contribution in [0.15, 0.2) is 60.9 Å². The lowest BCUT2D eigenvalue weighted by atomic mass is 10.0. The van der Waals surface area contributed by atoms with Gasteiger partial charge in [0.1, 0.15) is 11.6 Å². The molecule has 2 aromatic heterocycles. The summed E-state index contributed by atoms with van der Waals surface area (Å²) in [5, 5.41) is 11.1. The van der Waals surface area contributed by atoms with E-state index >= 15 is 0 Å². The average molecular weight is 403 g/mol. The Balaban J connectivity index is 1.63. The number of nitrogens with two attached hydrogens (primary N) is 3. The second kappa shape index (κ2) is 8.11. The van der Waals surface area contributed by atoms with Crippen molar-refractivity contribution in [2.75, 3.05) is 5.32 Å². The summed E-state index contributed by atoms with van der Waals surface area (Å²) in [5.74, 6) is 0.277. The zero-order valence-electron chi connectivity index (χ0n) is 16.8. The number of hydrogen-bond acceptors (Lipinski definition) is 6. The van der Waals surface area contributed by atoms with Crippen LogP contribution in [-0.2, 0) is 18.8 Å². The van der Waals surface area contributed by atoms with E-state index in [1.165, 1.54) is 11.1 Å². The first kappa shape index (κ1) is 19.8. The molecule has 0 fully saturated rings. The molecule has 0 radical (unpaired) electrons. The van der Waals surface area contributed by atoms with Crippen molar-refractivity contribution in [3.8, 4) is 11.3 Å². The van der Waals surface area contributed by atoms with Crippen LogP contribution in [0.4, 0.5) is 5.82 Å². The third-order valence-electron chi connectivity index (χ3n) is 5.02. The van der Waals surface area contributed by atoms with E-state index in [-0.39, 0.29) is 0 Å². The van der Waals surface area contributed by atoms with Gasteiger partial charge in [0.05, 0.1) is 5.69 Å². The van der Waals surface area contributed by atoms with E-state index in [0.29, 0.717) is 18.5 Å².